The lowest BCUT2D eigenvalue weighted by Crippen LogP contribution is -2.31. The van der Waals surface area contributed by atoms with Gasteiger partial charge in [0.1, 0.15) is 0 Å². The van der Waals surface area contributed by atoms with E-state index in [1.165, 1.54) is 6.20 Å². The minimum absolute atomic E-state index is 0.00782. The smallest absolute Gasteiger partial charge is 0.278 e. The van der Waals surface area contributed by atoms with Gasteiger partial charge in [-0.2, -0.15) is 0 Å². The molecular formula is C12H19N3O3. The second-order valence-corrected chi connectivity index (χ2v) is 4.29. The van der Waals surface area contributed by atoms with Crippen molar-refractivity contribution in [1.29, 1.82) is 0 Å². The number of aryl methyl sites for hydroxylation is 1. The maximum absolute atomic E-state index is 11.0. The molecule has 1 aromatic rings. The lowest BCUT2D eigenvalue weighted by molar-refractivity contribution is -0.386. The lowest BCUT2D eigenvalue weighted by atomic mass is 10.1. The Labute approximate surface area is 106 Å². The first kappa shape index (κ1) is 14.5. The molecule has 0 amide bonds. The number of aromatic nitrogens is 1. The van der Waals surface area contributed by atoms with Crippen molar-refractivity contribution in [3.8, 4) is 0 Å². The molecule has 1 rings (SSSR count). The fourth-order valence-corrected chi connectivity index (χ4v) is 1.80. The molecule has 0 aliphatic rings. The highest BCUT2D eigenvalue weighted by atomic mass is 16.6. The number of nitrogens with one attached hydrogen (secondary N) is 1. The molecule has 6 nitrogen and oxygen atoms in total. The van der Waals surface area contributed by atoms with Crippen LogP contribution in [0.15, 0.2) is 6.20 Å². The zero-order valence-corrected chi connectivity index (χ0v) is 10.9. The maximum Gasteiger partial charge on any atom is 0.278 e. The van der Waals surface area contributed by atoms with Crippen LogP contribution in [0, 0.1) is 24.0 Å². The molecule has 0 saturated carbocycles. The number of rotatable bonds is 6. The van der Waals surface area contributed by atoms with E-state index in [2.05, 4.69) is 10.3 Å². The highest BCUT2D eigenvalue weighted by molar-refractivity contribution is 5.47. The van der Waals surface area contributed by atoms with E-state index in [9.17, 15) is 10.1 Å². The summed E-state index contributed by atoms with van der Waals surface area (Å²) in [6.07, 6.45) is 2.31. The molecule has 1 unspecified atom stereocenters. The molecule has 0 spiro atoms. The van der Waals surface area contributed by atoms with Crippen LogP contribution in [0.1, 0.15) is 30.2 Å². The highest BCUT2D eigenvalue weighted by Gasteiger charge is 2.18. The van der Waals surface area contributed by atoms with Gasteiger partial charge in [-0.1, -0.05) is 6.92 Å². The standard InChI is InChI=1S/C12H19N3O3/c1-4-10(7-16)13-6-11-9(3)12(15(17)18)8(2)5-14-11/h5,10,13,16H,4,6-7H2,1-3H3. The molecule has 6 heteroatoms. The van der Waals surface area contributed by atoms with E-state index in [0.29, 0.717) is 23.4 Å². The largest absolute Gasteiger partial charge is 0.395 e. The molecular weight excluding hydrogens is 234 g/mol. The average molecular weight is 253 g/mol. The second-order valence-electron chi connectivity index (χ2n) is 4.29. The molecule has 0 aromatic carbocycles. The van der Waals surface area contributed by atoms with Crippen molar-refractivity contribution in [2.45, 2.75) is 39.8 Å². The first-order valence-electron chi connectivity index (χ1n) is 5.94. The summed E-state index contributed by atoms with van der Waals surface area (Å²) in [6.45, 7) is 5.81. The topological polar surface area (TPSA) is 88.3 Å². The van der Waals surface area contributed by atoms with E-state index in [1.807, 2.05) is 6.92 Å². The fraction of sp³-hybridized carbons (Fsp3) is 0.583. The Hall–Kier alpha value is -1.53. The van der Waals surface area contributed by atoms with Gasteiger partial charge < -0.3 is 10.4 Å². The Bertz CT molecular complexity index is 431. The van der Waals surface area contributed by atoms with Crippen LogP contribution in [0.25, 0.3) is 0 Å². The molecule has 0 saturated heterocycles. The van der Waals surface area contributed by atoms with Gasteiger partial charge in [0.15, 0.2) is 0 Å². The van der Waals surface area contributed by atoms with Crippen LogP contribution in [0.3, 0.4) is 0 Å². The van der Waals surface area contributed by atoms with Gasteiger partial charge in [0, 0.05) is 29.9 Å². The SMILES string of the molecule is CCC(CO)NCc1ncc(C)c([N+](=O)[O-])c1C. The van der Waals surface area contributed by atoms with Crippen molar-refractivity contribution >= 4 is 5.69 Å². The molecule has 0 radical (unpaired) electrons. The van der Waals surface area contributed by atoms with Gasteiger partial charge in [-0.15, -0.1) is 0 Å². The number of hydrogen-bond acceptors (Lipinski definition) is 5. The lowest BCUT2D eigenvalue weighted by Gasteiger charge is -2.14. The van der Waals surface area contributed by atoms with Gasteiger partial charge in [0.25, 0.3) is 5.69 Å². The van der Waals surface area contributed by atoms with Crippen LogP contribution in [-0.2, 0) is 6.54 Å². The maximum atomic E-state index is 11.0. The van der Waals surface area contributed by atoms with Crippen LogP contribution >= 0.6 is 0 Å². The molecule has 18 heavy (non-hydrogen) atoms. The highest BCUT2D eigenvalue weighted by Crippen LogP contribution is 2.23. The summed E-state index contributed by atoms with van der Waals surface area (Å²) in [5.74, 6) is 0. The number of aliphatic hydroxyl groups excluding tert-OH is 1. The zero-order chi connectivity index (χ0) is 13.7. The van der Waals surface area contributed by atoms with Crippen molar-refractivity contribution in [3.63, 3.8) is 0 Å². The molecule has 0 aliphatic heterocycles. The number of pyridine rings is 1. The Morgan fingerprint density at radius 2 is 2.22 bits per heavy atom. The summed E-state index contributed by atoms with van der Waals surface area (Å²) >= 11 is 0. The van der Waals surface area contributed by atoms with E-state index in [1.54, 1.807) is 13.8 Å². The average Bonchev–Trinajstić information content (AvgIpc) is 2.32. The monoisotopic (exact) mass is 253 g/mol. The molecule has 0 fully saturated rings. The number of aliphatic hydroxyl groups is 1. The van der Waals surface area contributed by atoms with Crippen molar-refractivity contribution in [3.05, 3.63) is 33.1 Å². The summed E-state index contributed by atoms with van der Waals surface area (Å²) in [7, 11) is 0. The van der Waals surface area contributed by atoms with E-state index in [0.717, 1.165) is 6.42 Å². The van der Waals surface area contributed by atoms with E-state index < -0.39 is 0 Å². The van der Waals surface area contributed by atoms with Crippen molar-refractivity contribution in [2.24, 2.45) is 0 Å². The first-order chi connectivity index (χ1) is 8.51. The predicted molar refractivity (Wildman–Crippen MR) is 68.4 cm³/mol. The van der Waals surface area contributed by atoms with Crippen LogP contribution in [0.4, 0.5) is 5.69 Å². The van der Waals surface area contributed by atoms with Crippen LogP contribution in [-0.4, -0.2) is 27.7 Å². The van der Waals surface area contributed by atoms with Gasteiger partial charge >= 0.3 is 0 Å². The Morgan fingerprint density at radius 3 is 2.72 bits per heavy atom. The third-order valence-corrected chi connectivity index (χ3v) is 3.03. The fourth-order valence-electron chi connectivity index (χ4n) is 1.80. The van der Waals surface area contributed by atoms with E-state index >= 15 is 0 Å². The minimum Gasteiger partial charge on any atom is -0.395 e. The molecule has 1 atom stereocenters. The zero-order valence-electron chi connectivity index (χ0n) is 10.9. The molecule has 0 bridgehead atoms. The summed E-state index contributed by atoms with van der Waals surface area (Å²) in [5.41, 5.74) is 1.92. The quantitative estimate of drug-likeness (QED) is 0.592. The molecule has 1 heterocycles. The Balaban J connectivity index is 2.91. The van der Waals surface area contributed by atoms with Gasteiger partial charge in [-0.05, 0) is 20.3 Å². The number of hydrogen-bond donors (Lipinski definition) is 2. The number of nitro groups is 1. The Morgan fingerprint density at radius 1 is 1.56 bits per heavy atom. The first-order valence-corrected chi connectivity index (χ1v) is 5.94. The van der Waals surface area contributed by atoms with E-state index in [4.69, 9.17) is 5.11 Å². The summed E-state index contributed by atoms with van der Waals surface area (Å²) < 4.78 is 0. The molecule has 100 valence electrons. The minimum atomic E-state index is -0.376. The second kappa shape index (κ2) is 6.42. The normalized spacial score (nSPS) is 12.4. The van der Waals surface area contributed by atoms with Crippen molar-refractivity contribution in [2.75, 3.05) is 6.61 Å². The van der Waals surface area contributed by atoms with Crippen molar-refractivity contribution in [1.82, 2.24) is 10.3 Å². The number of nitrogens with zero attached hydrogens (tertiary/aromatic N) is 2. The summed E-state index contributed by atoms with van der Waals surface area (Å²) in [6, 6.07) is -0.00782. The van der Waals surface area contributed by atoms with Gasteiger partial charge in [0.2, 0.25) is 0 Å². The molecule has 0 aliphatic carbocycles. The van der Waals surface area contributed by atoms with Crippen LogP contribution < -0.4 is 5.32 Å². The summed E-state index contributed by atoms with van der Waals surface area (Å²) in [4.78, 5) is 14.8. The Kier molecular flexibility index (Phi) is 5.18. The van der Waals surface area contributed by atoms with Gasteiger partial charge in [0.05, 0.1) is 17.2 Å². The third-order valence-electron chi connectivity index (χ3n) is 3.03. The van der Waals surface area contributed by atoms with Crippen molar-refractivity contribution < 1.29 is 10.0 Å². The molecule has 2 N–H and O–H groups in total. The molecule has 1 aromatic heterocycles. The van der Waals surface area contributed by atoms with Crippen LogP contribution in [0.5, 0.6) is 0 Å². The predicted octanol–water partition coefficient (Wildman–Crippen LogP) is 1.47. The van der Waals surface area contributed by atoms with Gasteiger partial charge in [-0.3, -0.25) is 15.1 Å². The third kappa shape index (κ3) is 3.24. The summed E-state index contributed by atoms with van der Waals surface area (Å²) in [5, 5.41) is 23.2. The van der Waals surface area contributed by atoms with Gasteiger partial charge in [-0.25, -0.2) is 0 Å². The van der Waals surface area contributed by atoms with E-state index in [-0.39, 0.29) is 23.3 Å². The van der Waals surface area contributed by atoms with Crippen LogP contribution in [0.2, 0.25) is 0 Å².